The van der Waals surface area contributed by atoms with Crippen molar-refractivity contribution in [2.24, 2.45) is 0 Å². The topological polar surface area (TPSA) is 79.3 Å². The molecule has 0 bridgehead atoms. The highest BCUT2D eigenvalue weighted by molar-refractivity contribution is 7.99. The van der Waals surface area contributed by atoms with Crippen LogP contribution in [0.5, 0.6) is 0 Å². The van der Waals surface area contributed by atoms with Gasteiger partial charge in [0.05, 0.1) is 36.2 Å². The highest BCUT2D eigenvalue weighted by Crippen LogP contribution is 2.49. The predicted molar refractivity (Wildman–Crippen MR) is 133 cm³/mol. The molecule has 196 valence electrons. The van der Waals surface area contributed by atoms with E-state index in [0.717, 1.165) is 60.7 Å². The number of hydrogen-bond donors (Lipinski definition) is 3. The normalized spacial score (nSPS) is 17.4. The fraction of sp³-hybridized carbons (Fsp3) is 0.480. The molecule has 4 rings (SSSR count). The third-order valence-electron chi connectivity index (χ3n) is 6.39. The average molecular weight is 525 g/mol. The quantitative estimate of drug-likeness (QED) is 0.466. The summed E-state index contributed by atoms with van der Waals surface area (Å²) < 4.78 is 40.2. The molecule has 36 heavy (non-hydrogen) atoms. The van der Waals surface area contributed by atoms with Gasteiger partial charge in [0.15, 0.2) is 0 Å². The number of halogens is 3. The summed E-state index contributed by atoms with van der Waals surface area (Å²) in [5.74, 6) is -0.186. The van der Waals surface area contributed by atoms with Gasteiger partial charge >= 0.3 is 6.18 Å². The maximum absolute atomic E-state index is 13.4. The summed E-state index contributed by atoms with van der Waals surface area (Å²) in [7, 11) is 0. The number of rotatable bonds is 9. The Balaban J connectivity index is 1.31. The molecule has 0 radical (unpaired) electrons. The molecular formula is C25H31F3N4O3S. The monoisotopic (exact) mass is 524 g/mol. The first-order valence-electron chi connectivity index (χ1n) is 12.0. The summed E-state index contributed by atoms with van der Waals surface area (Å²) in [5.41, 5.74) is 0.879. The molecule has 2 heterocycles. The molecule has 11 heteroatoms. The van der Waals surface area contributed by atoms with Crippen molar-refractivity contribution in [3.63, 3.8) is 0 Å². The second-order valence-electron chi connectivity index (χ2n) is 9.01. The van der Waals surface area contributed by atoms with E-state index in [0.29, 0.717) is 12.2 Å². The van der Waals surface area contributed by atoms with Gasteiger partial charge in [0.1, 0.15) is 0 Å². The minimum atomic E-state index is -4.39. The molecule has 1 fully saturated rings. The largest absolute Gasteiger partial charge is 0.416 e. The molecule has 2 aliphatic rings. The molecule has 7 nitrogen and oxygen atoms in total. The fourth-order valence-corrected chi connectivity index (χ4v) is 5.50. The van der Waals surface area contributed by atoms with Crippen LogP contribution in [0.15, 0.2) is 52.3 Å². The summed E-state index contributed by atoms with van der Waals surface area (Å²) in [6, 6.07) is 11.8. The summed E-state index contributed by atoms with van der Waals surface area (Å²) in [5, 5.41) is 20.8. The van der Waals surface area contributed by atoms with Crippen molar-refractivity contribution in [1.29, 1.82) is 0 Å². The van der Waals surface area contributed by atoms with Gasteiger partial charge < -0.3 is 25.3 Å². The van der Waals surface area contributed by atoms with Crippen LogP contribution in [0.4, 0.5) is 24.5 Å². The number of alkyl halides is 3. The van der Waals surface area contributed by atoms with Crippen LogP contribution in [0.2, 0.25) is 0 Å². The number of aliphatic hydroxyl groups excluding tert-OH is 2. The van der Waals surface area contributed by atoms with Crippen molar-refractivity contribution in [3.8, 4) is 0 Å². The van der Waals surface area contributed by atoms with Crippen LogP contribution >= 0.6 is 11.8 Å². The Hall–Kier alpha value is -2.31. The van der Waals surface area contributed by atoms with Crippen LogP contribution in [0.25, 0.3) is 0 Å². The van der Waals surface area contributed by atoms with E-state index in [4.69, 9.17) is 5.11 Å². The third-order valence-corrected chi connectivity index (χ3v) is 7.52. The van der Waals surface area contributed by atoms with Gasteiger partial charge in [-0.3, -0.25) is 9.69 Å². The Morgan fingerprint density at radius 1 is 1.00 bits per heavy atom. The zero-order valence-corrected chi connectivity index (χ0v) is 20.7. The van der Waals surface area contributed by atoms with E-state index in [1.807, 2.05) is 34.1 Å². The van der Waals surface area contributed by atoms with Crippen LogP contribution in [0, 0.1) is 0 Å². The van der Waals surface area contributed by atoms with E-state index in [1.165, 1.54) is 17.8 Å². The third kappa shape index (κ3) is 6.71. The van der Waals surface area contributed by atoms with Crippen molar-refractivity contribution >= 4 is 29.0 Å². The molecule has 0 spiro atoms. The van der Waals surface area contributed by atoms with Crippen molar-refractivity contribution < 1.29 is 28.2 Å². The van der Waals surface area contributed by atoms with E-state index in [-0.39, 0.29) is 19.0 Å². The van der Waals surface area contributed by atoms with Crippen molar-refractivity contribution in [2.45, 2.75) is 28.5 Å². The van der Waals surface area contributed by atoms with Gasteiger partial charge in [0, 0.05) is 49.1 Å². The Morgan fingerprint density at radius 3 is 2.42 bits per heavy atom. The van der Waals surface area contributed by atoms with Crippen LogP contribution in [-0.4, -0.2) is 91.0 Å². The second-order valence-corrected chi connectivity index (χ2v) is 10.1. The highest BCUT2D eigenvalue weighted by Gasteiger charge is 2.33. The van der Waals surface area contributed by atoms with Gasteiger partial charge in [-0.05, 0) is 43.3 Å². The molecule has 0 aliphatic carbocycles. The van der Waals surface area contributed by atoms with Gasteiger partial charge in [0.2, 0.25) is 5.91 Å². The lowest BCUT2D eigenvalue weighted by molar-refractivity contribution is -0.137. The summed E-state index contributed by atoms with van der Waals surface area (Å²) in [4.78, 5) is 20.2. The Morgan fingerprint density at radius 2 is 1.69 bits per heavy atom. The number of amides is 1. The van der Waals surface area contributed by atoms with Gasteiger partial charge in [0.25, 0.3) is 0 Å². The number of para-hydroxylation sites is 1. The molecule has 1 atom stereocenters. The molecule has 1 saturated heterocycles. The van der Waals surface area contributed by atoms with E-state index in [2.05, 4.69) is 10.2 Å². The first-order chi connectivity index (χ1) is 17.2. The molecule has 2 aliphatic heterocycles. The number of aliphatic hydroxyl groups is 2. The number of benzene rings is 2. The first kappa shape index (κ1) is 26.7. The SMILES string of the molecule is O=C(CN1CCN(CCCN2c3ccccc3Sc3ccc(C(F)(F)F)cc32)CC1)NC[C@H](O)CO. The molecule has 0 unspecified atom stereocenters. The average Bonchev–Trinajstić information content (AvgIpc) is 2.87. The van der Waals surface area contributed by atoms with Crippen LogP contribution in [0.3, 0.4) is 0 Å². The van der Waals surface area contributed by atoms with Crippen molar-refractivity contribution in [1.82, 2.24) is 15.1 Å². The fourth-order valence-electron chi connectivity index (χ4n) is 4.43. The lowest BCUT2D eigenvalue weighted by Crippen LogP contribution is -2.50. The van der Waals surface area contributed by atoms with E-state index in [1.54, 1.807) is 6.07 Å². The second kappa shape index (κ2) is 11.8. The number of hydrogen-bond acceptors (Lipinski definition) is 7. The molecule has 2 aromatic rings. The molecular weight excluding hydrogens is 493 g/mol. The predicted octanol–water partition coefficient (Wildman–Crippen LogP) is 2.79. The van der Waals surface area contributed by atoms with Gasteiger partial charge in [-0.1, -0.05) is 23.9 Å². The van der Waals surface area contributed by atoms with Crippen LogP contribution in [-0.2, 0) is 11.0 Å². The molecule has 0 saturated carbocycles. The number of nitrogens with zero attached hydrogens (tertiary/aromatic N) is 3. The van der Waals surface area contributed by atoms with Gasteiger partial charge in [-0.15, -0.1) is 0 Å². The van der Waals surface area contributed by atoms with Crippen molar-refractivity contribution in [3.05, 3.63) is 48.0 Å². The molecule has 2 aromatic carbocycles. The number of anilines is 2. The zero-order chi connectivity index (χ0) is 25.7. The maximum Gasteiger partial charge on any atom is 0.416 e. The minimum absolute atomic E-state index is 0.0288. The Labute approximate surface area is 212 Å². The smallest absolute Gasteiger partial charge is 0.394 e. The summed E-state index contributed by atoms with van der Waals surface area (Å²) >= 11 is 1.49. The lowest BCUT2D eigenvalue weighted by Gasteiger charge is -2.36. The number of carbonyl (C=O) groups excluding carboxylic acids is 1. The summed E-state index contributed by atoms with van der Waals surface area (Å²) in [6.07, 6.45) is -4.56. The minimum Gasteiger partial charge on any atom is -0.394 e. The maximum atomic E-state index is 13.4. The standard InChI is InChI=1S/C25H31F3N4O3S/c26-25(27,28)18-6-7-23-21(14-18)32(20-4-1-2-5-22(20)36-23)9-3-8-30-10-12-31(13-11-30)16-24(35)29-15-19(34)17-33/h1-2,4-7,14,19,33-34H,3,8-13,15-17H2,(H,29,35)/t19-/m0/s1. The Kier molecular flexibility index (Phi) is 8.78. The van der Waals surface area contributed by atoms with Crippen LogP contribution in [0.1, 0.15) is 12.0 Å². The van der Waals surface area contributed by atoms with Crippen LogP contribution < -0.4 is 10.2 Å². The van der Waals surface area contributed by atoms with Gasteiger partial charge in [-0.25, -0.2) is 0 Å². The highest BCUT2D eigenvalue weighted by atomic mass is 32.2. The van der Waals surface area contributed by atoms with Gasteiger partial charge in [-0.2, -0.15) is 13.2 Å². The Bertz CT molecular complexity index is 1050. The van der Waals surface area contributed by atoms with E-state index < -0.39 is 24.5 Å². The first-order valence-corrected chi connectivity index (χ1v) is 12.8. The number of carbonyl (C=O) groups is 1. The number of nitrogens with one attached hydrogen (secondary N) is 1. The molecule has 3 N–H and O–H groups in total. The lowest BCUT2D eigenvalue weighted by atomic mass is 10.1. The van der Waals surface area contributed by atoms with E-state index in [9.17, 15) is 23.1 Å². The van der Waals surface area contributed by atoms with E-state index >= 15 is 0 Å². The van der Waals surface area contributed by atoms with Crippen molar-refractivity contribution in [2.75, 3.05) is 63.9 Å². The summed E-state index contributed by atoms with van der Waals surface area (Å²) in [6.45, 7) is 4.35. The number of fused-ring (bicyclic) bond motifs is 2. The molecule has 0 aromatic heterocycles. The molecule has 1 amide bonds. The number of piperazine rings is 1. The zero-order valence-electron chi connectivity index (χ0n) is 19.9.